The van der Waals surface area contributed by atoms with Crippen LogP contribution in [-0.2, 0) is 4.79 Å². The van der Waals surface area contributed by atoms with Gasteiger partial charge < -0.3 is 20.7 Å². The van der Waals surface area contributed by atoms with Crippen molar-refractivity contribution in [2.75, 3.05) is 36.9 Å². The Morgan fingerprint density at radius 3 is 2.76 bits per heavy atom. The van der Waals surface area contributed by atoms with Gasteiger partial charge in [-0.15, -0.1) is 0 Å². The van der Waals surface area contributed by atoms with Crippen molar-refractivity contribution in [3.8, 4) is 5.75 Å². The highest BCUT2D eigenvalue weighted by molar-refractivity contribution is 5.77. The van der Waals surface area contributed by atoms with E-state index in [2.05, 4.69) is 25.9 Å². The fourth-order valence-electron chi connectivity index (χ4n) is 2.04. The van der Waals surface area contributed by atoms with Gasteiger partial charge in [0.05, 0.1) is 0 Å². The first-order valence-electron chi connectivity index (χ1n) is 8.06. The third-order valence-electron chi connectivity index (χ3n) is 3.14. The number of hydrogen-bond acceptors (Lipinski definition) is 6. The Morgan fingerprint density at radius 1 is 1.20 bits per heavy atom. The van der Waals surface area contributed by atoms with E-state index in [1.165, 1.54) is 12.1 Å². The van der Waals surface area contributed by atoms with Crippen LogP contribution in [0.4, 0.5) is 16.2 Å². The number of anilines is 2. The largest absolute Gasteiger partial charge is 0.481 e. The molecule has 0 unspecified atom stereocenters. The third-order valence-corrected chi connectivity index (χ3v) is 3.14. The Hall–Kier alpha value is -2.90. The number of para-hydroxylation sites is 1. The van der Waals surface area contributed by atoms with E-state index in [-0.39, 0.29) is 18.3 Å². The van der Waals surface area contributed by atoms with Gasteiger partial charge in [0.2, 0.25) is 5.95 Å². The van der Waals surface area contributed by atoms with E-state index in [1.54, 1.807) is 12.1 Å². The first-order chi connectivity index (χ1) is 12.1. The predicted octanol–water partition coefficient (Wildman–Crippen LogP) is 1.96. The molecule has 0 radical (unpaired) electrons. The summed E-state index contributed by atoms with van der Waals surface area (Å²) in [6.07, 6.45) is 0. The minimum Gasteiger partial charge on any atom is -0.481 e. The number of nitrogens with zero attached hydrogens (tertiary/aromatic N) is 2. The molecular formula is C17H22FN5O2. The molecule has 1 aromatic carbocycles. The third kappa shape index (κ3) is 6.25. The number of ether oxygens (including phenoxy) is 1. The van der Waals surface area contributed by atoms with Gasteiger partial charge in [0.1, 0.15) is 5.82 Å². The van der Waals surface area contributed by atoms with Crippen molar-refractivity contribution in [2.24, 2.45) is 0 Å². The van der Waals surface area contributed by atoms with Crippen LogP contribution in [0.3, 0.4) is 0 Å². The molecule has 7 nitrogen and oxygen atoms in total. The van der Waals surface area contributed by atoms with E-state index >= 15 is 0 Å². The molecule has 0 atom stereocenters. The van der Waals surface area contributed by atoms with Gasteiger partial charge in [-0.3, -0.25) is 4.79 Å². The van der Waals surface area contributed by atoms with E-state index in [1.807, 2.05) is 19.9 Å². The van der Waals surface area contributed by atoms with Crippen LogP contribution in [-0.4, -0.2) is 42.1 Å². The number of amides is 1. The van der Waals surface area contributed by atoms with Gasteiger partial charge in [-0.2, -0.15) is 4.98 Å². The Labute approximate surface area is 146 Å². The monoisotopic (exact) mass is 347 g/mol. The molecule has 0 aliphatic heterocycles. The Morgan fingerprint density at radius 2 is 2.00 bits per heavy atom. The maximum atomic E-state index is 13.4. The number of carbonyl (C=O) groups is 1. The van der Waals surface area contributed by atoms with E-state index in [4.69, 9.17) is 4.74 Å². The fourth-order valence-corrected chi connectivity index (χ4v) is 2.04. The van der Waals surface area contributed by atoms with Crippen LogP contribution in [0.1, 0.15) is 12.6 Å². The van der Waals surface area contributed by atoms with Crippen LogP contribution in [0, 0.1) is 12.7 Å². The Kier molecular flexibility index (Phi) is 6.94. The Bertz CT molecular complexity index is 711. The molecule has 1 aromatic heterocycles. The number of aryl methyl sites for hydroxylation is 1. The van der Waals surface area contributed by atoms with E-state index in [0.717, 1.165) is 12.2 Å². The summed E-state index contributed by atoms with van der Waals surface area (Å²) in [6.45, 7) is 5.23. The normalized spacial score (nSPS) is 10.2. The second-order valence-electron chi connectivity index (χ2n) is 5.24. The van der Waals surface area contributed by atoms with E-state index in [9.17, 15) is 9.18 Å². The van der Waals surface area contributed by atoms with Gasteiger partial charge in [-0.1, -0.05) is 12.1 Å². The molecule has 0 bridgehead atoms. The summed E-state index contributed by atoms with van der Waals surface area (Å²) in [5.74, 6) is 0.487. The number of hydrogen-bond donors (Lipinski definition) is 3. The van der Waals surface area contributed by atoms with Crippen LogP contribution in [0.2, 0.25) is 0 Å². The molecule has 0 fully saturated rings. The summed E-state index contributed by atoms with van der Waals surface area (Å²) in [6, 6.07) is 7.78. The summed E-state index contributed by atoms with van der Waals surface area (Å²) in [5, 5.41) is 8.86. The molecule has 2 rings (SSSR count). The fraction of sp³-hybridized carbons (Fsp3) is 0.353. The first-order valence-corrected chi connectivity index (χ1v) is 8.06. The molecule has 0 spiro atoms. The van der Waals surface area contributed by atoms with Crippen LogP contribution in [0.25, 0.3) is 0 Å². The van der Waals surface area contributed by atoms with Crippen LogP contribution < -0.4 is 20.7 Å². The second kappa shape index (κ2) is 9.41. The average molecular weight is 347 g/mol. The number of aromatic nitrogens is 2. The first kappa shape index (κ1) is 18.4. The van der Waals surface area contributed by atoms with Crippen LogP contribution in [0.15, 0.2) is 30.3 Å². The molecule has 0 saturated heterocycles. The van der Waals surface area contributed by atoms with Crippen molar-refractivity contribution in [2.45, 2.75) is 13.8 Å². The Balaban J connectivity index is 1.70. The van der Waals surface area contributed by atoms with E-state index < -0.39 is 5.82 Å². The summed E-state index contributed by atoms with van der Waals surface area (Å²) in [4.78, 5) is 20.3. The van der Waals surface area contributed by atoms with Crippen molar-refractivity contribution in [1.82, 2.24) is 15.3 Å². The summed E-state index contributed by atoms with van der Waals surface area (Å²) in [7, 11) is 0. The highest BCUT2D eigenvalue weighted by Gasteiger charge is 2.06. The molecule has 1 amide bonds. The van der Waals surface area contributed by atoms with Crippen molar-refractivity contribution in [1.29, 1.82) is 0 Å². The quantitative estimate of drug-likeness (QED) is 0.601. The number of halogens is 1. The van der Waals surface area contributed by atoms with Gasteiger partial charge >= 0.3 is 0 Å². The van der Waals surface area contributed by atoms with Gasteiger partial charge in [-0.05, 0) is 26.0 Å². The molecule has 3 N–H and O–H groups in total. The van der Waals surface area contributed by atoms with E-state index in [0.29, 0.717) is 24.9 Å². The molecule has 134 valence electrons. The molecule has 0 aliphatic carbocycles. The van der Waals surface area contributed by atoms with Crippen LogP contribution in [0.5, 0.6) is 5.75 Å². The molecule has 8 heteroatoms. The van der Waals surface area contributed by atoms with Gasteiger partial charge in [0.25, 0.3) is 5.91 Å². The average Bonchev–Trinajstić information content (AvgIpc) is 2.58. The van der Waals surface area contributed by atoms with Crippen LogP contribution >= 0.6 is 0 Å². The van der Waals surface area contributed by atoms with Crippen molar-refractivity contribution in [3.05, 3.63) is 41.8 Å². The van der Waals surface area contributed by atoms with Gasteiger partial charge in [0, 0.05) is 31.4 Å². The zero-order valence-electron chi connectivity index (χ0n) is 14.3. The molecule has 0 saturated carbocycles. The summed E-state index contributed by atoms with van der Waals surface area (Å²) >= 11 is 0. The summed E-state index contributed by atoms with van der Waals surface area (Å²) < 4.78 is 18.5. The molecule has 25 heavy (non-hydrogen) atoms. The lowest BCUT2D eigenvalue weighted by Crippen LogP contribution is -2.32. The topological polar surface area (TPSA) is 88.2 Å². The smallest absolute Gasteiger partial charge is 0.258 e. The number of benzene rings is 1. The number of nitrogens with one attached hydrogen (secondary N) is 3. The highest BCUT2D eigenvalue weighted by Crippen LogP contribution is 2.14. The standard InChI is InChI=1S/C17H22FN5O2/c1-3-19-17-22-12(2)10-15(23-17)20-8-9-21-16(24)11-25-14-7-5-4-6-13(14)18/h4-7,10H,3,8-9,11H2,1-2H3,(H,21,24)(H2,19,20,22,23). The lowest BCUT2D eigenvalue weighted by Gasteiger charge is -2.10. The maximum absolute atomic E-state index is 13.4. The molecular weight excluding hydrogens is 325 g/mol. The lowest BCUT2D eigenvalue weighted by molar-refractivity contribution is -0.123. The molecule has 1 heterocycles. The molecule has 2 aromatic rings. The summed E-state index contributed by atoms with van der Waals surface area (Å²) in [5.41, 5.74) is 0.843. The van der Waals surface area contributed by atoms with Crippen molar-refractivity contribution in [3.63, 3.8) is 0 Å². The SMILES string of the molecule is CCNc1nc(C)cc(NCCNC(=O)COc2ccccc2F)n1. The number of carbonyl (C=O) groups excluding carboxylic acids is 1. The maximum Gasteiger partial charge on any atom is 0.258 e. The number of rotatable bonds is 9. The predicted molar refractivity (Wildman–Crippen MR) is 94.3 cm³/mol. The van der Waals surface area contributed by atoms with Crippen molar-refractivity contribution >= 4 is 17.7 Å². The second-order valence-corrected chi connectivity index (χ2v) is 5.24. The van der Waals surface area contributed by atoms with Crippen molar-refractivity contribution < 1.29 is 13.9 Å². The van der Waals surface area contributed by atoms with Gasteiger partial charge in [0.15, 0.2) is 18.2 Å². The zero-order valence-corrected chi connectivity index (χ0v) is 14.3. The highest BCUT2D eigenvalue weighted by atomic mass is 19.1. The minimum absolute atomic E-state index is 0.0585. The zero-order chi connectivity index (χ0) is 18.1. The van der Waals surface area contributed by atoms with Gasteiger partial charge in [-0.25, -0.2) is 9.37 Å². The molecule has 0 aliphatic rings. The minimum atomic E-state index is -0.493. The lowest BCUT2D eigenvalue weighted by atomic mass is 10.3.